The van der Waals surface area contributed by atoms with E-state index in [0.29, 0.717) is 0 Å². The maximum Gasteiger partial charge on any atom is 0.0351 e. The molecule has 1 heteroatoms. The Morgan fingerprint density at radius 1 is 0.867 bits per heavy atom. The Morgan fingerprint density at radius 2 is 1.13 bits per heavy atom. The van der Waals surface area contributed by atoms with Crippen LogP contribution in [0, 0.1) is 0 Å². The minimum absolute atomic E-state index is 1.31. The highest BCUT2D eigenvalue weighted by atomic mass is 16.4. The van der Waals surface area contributed by atoms with Gasteiger partial charge in [-0.3, -0.25) is 0 Å². The van der Waals surface area contributed by atoms with Crippen molar-refractivity contribution in [3.63, 3.8) is 0 Å². The molecule has 0 N–H and O–H groups in total. The molecule has 0 saturated carbocycles. The van der Waals surface area contributed by atoms with E-state index in [1.54, 1.807) is 14.2 Å². The van der Waals surface area contributed by atoms with Gasteiger partial charge in [0.25, 0.3) is 0 Å². The van der Waals surface area contributed by atoms with E-state index in [9.17, 15) is 0 Å². The van der Waals surface area contributed by atoms with Crippen molar-refractivity contribution in [2.75, 3.05) is 14.2 Å². The van der Waals surface area contributed by atoms with Gasteiger partial charge in [-0.2, -0.15) is 0 Å². The van der Waals surface area contributed by atoms with Crippen molar-refractivity contribution in [1.29, 1.82) is 0 Å². The van der Waals surface area contributed by atoms with Crippen molar-refractivity contribution in [2.45, 2.75) is 27.7 Å². The lowest BCUT2D eigenvalue weighted by Gasteiger charge is -1.85. The first-order valence-electron chi connectivity index (χ1n) is 5.38. The number of hydrogen-bond acceptors (Lipinski definition) is 1. The van der Waals surface area contributed by atoms with Gasteiger partial charge in [0.15, 0.2) is 0 Å². The fourth-order valence-electron chi connectivity index (χ4n) is 1.04. The lowest BCUT2D eigenvalue weighted by molar-refractivity contribution is 0.277. The van der Waals surface area contributed by atoms with Crippen LogP contribution < -0.4 is 10.4 Å². The largest absolute Gasteiger partial charge is 0.388 e. The lowest BCUT2D eigenvalue weighted by atomic mass is 10.2. The van der Waals surface area contributed by atoms with Crippen molar-refractivity contribution in [3.05, 3.63) is 34.7 Å². The van der Waals surface area contributed by atoms with Crippen LogP contribution in [-0.2, 0) is 4.74 Å². The van der Waals surface area contributed by atoms with E-state index in [2.05, 4.69) is 55.0 Å². The van der Waals surface area contributed by atoms with Gasteiger partial charge < -0.3 is 4.74 Å². The molecule has 0 aliphatic heterocycles. The molecule has 86 valence electrons. The summed E-state index contributed by atoms with van der Waals surface area (Å²) in [6.45, 7) is 8.12. The molecular formula is C14H24O. The smallest absolute Gasteiger partial charge is 0.0351 e. The molecule has 0 fully saturated rings. The number of hydrogen-bond donors (Lipinski definition) is 0. The molecule has 0 aliphatic carbocycles. The Kier molecular flexibility index (Phi) is 14.1. The predicted octanol–water partition coefficient (Wildman–Crippen LogP) is 2.58. The minimum atomic E-state index is 1.31. The van der Waals surface area contributed by atoms with Crippen molar-refractivity contribution in [3.8, 4) is 0 Å². The molecule has 0 atom stereocenters. The predicted molar refractivity (Wildman–Crippen MR) is 70.3 cm³/mol. The van der Waals surface area contributed by atoms with Gasteiger partial charge in [-0.1, -0.05) is 50.3 Å². The molecule has 1 aromatic rings. The fraction of sp³-hybridized carbons (Fsp3) is 0.429. The van der Waals surface area contributed by atoms with E-state index in [-0.39, 0.29) is 0 Å². The molecule has 0 unspecified atom stereocenters. The molecular weight excluding hydrogens is 184 g/mol. The van der Waals surface area contributed by atoms with Crippen molar-refractivity contribution < 1.29 is 4.74 Å². The third-order valence-corrected chi connectivity index (χ3v) is 1.62. The summed E-state index contributed by atoms with van der Waals surface area (Å²) in [6, 6.07) is 8.36. The Balaban J connectivity index is 0. The van der Waals surface area contributed by atoms with Crippen LogP contribution in [-0.4, -0.2) is 14.2 Å². The molecule has 15 heavy (non-hydrogen) atoms. The van der Waals surface area contributed by atoms with Crippen molar-refractivity contribution >= 4 is 12.2 Å². The number of ether oxygens (including phenoxy) is 1. The molecule has 0 amide bonds. The Labute approximate surface area is 94.1 Å². The molecule has 0 aromatic heterocycles. The highest BCUT2D eigenvalue weighted by Gasteiger charge is 1.77. The molecule has 0 heterocycles. The summed E-state index contributed by atoms with van der Waals surface area (Å²) < 4.78 is 4.25. The number of rotatable bonds is 0. The Morgan fingerprint density at radius 3 is 1.33 bits per heavy atom. The third kappa shape index (κ3) is 7.95. The second kappa shape index (κ2) is 12.9. The van der Waals surface area contributed by atoms with Gasteiger partial charge in [0.2, 0.25) is 0 Å². The maximum absolute atomic E-state index is 4.25. The summed E-state index contributed by atoms with van der Waals surface area (Å²) in [5, 5.41) is 2.62. The van der Waals surface area contributed by atoms with E-state index in [1.807, 2.05) is 13.8 Å². The average Bonchev–Trinajstić information content (AvgIpc) is 2.32. The number of benzene rings is 1. The van der Waals surface area contributed by atoms with Gasteiger partial charge in [-0.25, -0.2) is 0 Å². The SMILES string of the molecule is C/C=c1/cccc/c1=C/C.CC.COC. The van der Waals surface area contributed by atoms with Crippen LogP contribution in [0.4, 0.5) is 0 Å². The highest BCUT2D eigenvalue weighted by molar-refractivity contribution is 5.28. The van der Waals surface area contributed by atoms with E-state index >= 15 is 0 Å². The summed E-state index contributed by atoms with van der Waals surface area (Å²) in [5.74, 6) is 0. The van der Waals surface area contributed by atoms with Crippen molar-refractivity contribution in [2.24, 2.45) is 0 Å². The molecule has 1 nitrogen and oxygen atoms in total. The van der Waals surface area contributed by atoms with Crippen LogP contribution in [0.15, 0.2) is 24.3 Å². The highest BCUT2D eigenvalue weighted by Crippen LogP contribution is 1.71. The van der Waals surface area contributed by atoms with Crippen LogP contribution in [0.1, 0.15) is 27.7 Å². The molecule has 0 bridgehead atoms. The van der Waals surface area contributed by atoms with Gasteiger partial charge in [0.05, 0.1) is 0 Å². The monoisotopic (exact) mass is 208 g/mol. The van der Waals surface area contributed by atoms with Crippen molar-refractivity contribution in [1.82, 2.24) is 0 Å². The summed E-state index contributed by atoms with van der Waals surface area (Å²) in [7, 11) is 3.25. The van der Waals surface area contributed by atoms with E-state index in [1.165, 1.54) is 10.4 Å². The van der Waals surface area contributed by atoms with E-state index in [4.69, 9.17) is 0 Å². The standard InChI is InChI=1S/C10H12.C2H6O.C2H6/c1-3-9-7-5-6-8-10(9)4-2;1-3-2;1-2/h3-8H,1-2H3;1-2H3;1-2H3/b9-3-,10-4-;;. The molecule has 1 rings (SSSR count). The van der Waals surface area contributed by atoms with E-state index in [0.717, 1.165) is 0 Å². The second-order valence-corrected chi connectivity index (χ2v) is 2.61. The zero-order valence-electron chi connectivity index (χ0n) is 10.9. The summed E-state index contributed by atoms with van der Waals surface area (Å²) >= 11 is 0. The Bertz CT molecular complexity index is 292. The zero-order valence-corrected chi connectivity index (χ0v) is 10.9. The van der Waals surface area contributed by atoms with Gasteiger partial charge in [0, 0.05) is 14.2 Å². The lowest BCUT2D eigenvalue weighted by Crippen LogP contribution is -2.22. The average molecular weight is 208 g/mol. The quantitative estimate of drug-likeness (QED) is 0.637. The molecule has 0 saturated heterocycles. The molecule has 0 spiro atoms. The van der Waals surface area contributed by atoms with Gasteiger partial charge in [0.1, 0.15) is 0 Å². The summed E-state index contributed by atoms with van der Waals surface area (Å²) in [4.78, 5) is 0. The maximum atomic E-state index is 4.25. The topological polar surface area (TPSA) is 9.23 Å². The minimum Gasteiger partial charge on any atom is -0.388 e. The second-order valence-electron chi connectivity index (χ2n) is 2.61. The third-order valence-electron chi connectivity index (χ3n) is 1.62. The molecule has 1 aromatic carbocycles. The molecule has 0 aliphatic rings. The molecule has 0 radical (unpaired) electrons. The normalized spacial score (nSPS) is 11.1. The zero-order chi connectivity index (χ0) is 12.1. The van der Waals surface area contributed by atoms with E-state index < -0.39 is 0 Å². The first-order valence-corrected chi connectivity index (χ1v) is 5.38. The van der Waals surface area contributed by atoms with Crippen LogP contribution in [0.5, 0.6) is 0 Å². The number of methoxy groups -OCH3 is 1. The van der Waals surface area contributed by atoms with Gasteiger partial charge >= 0.3 is 0 Å². The fourth-order valence-corrected chi connectivity index (χ4v) is 1.04. The van der Waals surface area contributed by atoms with Crippen LogP contribution in [0.3, 0.4) is 0 Å². The van der Waals surface area contributed by atoms with Crippen LogP contribution >= 0.6 is 0 Å². The van der Waals surface area contributed by atoms with Gasteiger partial charge in [-0.15, -0.1) is 0 Å². The first-order chi connectivity index (χ1) is 7.29. The Hall–Kier alpha value is -1.08. The van der Waals surface area contributed by atoms with Crippen LogP contribution in [0.2, 0.25) is 0 Å². The van der Waals surface area contributed by atoms with Crippen LogP contribution in [0.25, 0.3) is 12.2 Å². The van der Waals surface area contributed by atoms with Gasteiger partial charge in [-0.05, 0) is 24.3 Å². The first kappa shape index (κ1) is 16.4. The summed E-state index contributed by atoms with van der Waals surface area (Å²) in [5.41, 5.74) is 0. The summed E-state index contributed by atoms with van der Waals surface area (Å²) in [6.07, 6.45) is 4.24.